The monoisotopic (exact) mass is 239 g/mol. The molecule has 4 nitrogen and oxygen atoms in total. The van der Waals surface area contributed by atoms with E-state index in [0.717, 1.165) is 4.90 Å². The summed E-state index contributed by atoms with van der Waals surface area (Å²) in [5.41, 5.74) is 0.667. The van der Waals surface area contributed by atoms with Gasteiger partial charge in [0.1, 0.15) is 0 Å². The first-order valence-electron chi connectivity index (χ1n) is 4.87. The van der Waals surface area contributed by atoms with E-state index in [0.29, 0.717) is 12.1 Å². The van der Waals surface area contributed by atoms with Crippen LogP contribution in [-0.2, 0) is 9.59 Å². The van der Waals surface area contributed by atoms with Gasteiger partial charge in [0.25, 0.3) is 0 Å². The number of benzene rings is 1. The van der Waals surface area contributed by atoms with Crippen LogP contribution in [0.3, 0.4) is 0 Å². The van der Waals surface area contributed by atoms with Crippen LogP contribution in [0.1, 0.15) is 13.3 Å². The van der Waals surface area contributed by atoms with Gasteiger partial charge in [-0.2, -0.15) is 0 Å². The molecule has 0 radical (unpaired) electrons. The van der Waals surface area contributed by atoms with Gasteiger partial charge in [0.2, 0.25) is 5.91 Å². The minimum Gasteiger partial charge on any atom is -0.481 e. The molecule has 2 N–H and O–H groups in total. The molecule has 0 saturated carbocycles. The molecule has 0 bridgehead atoms. The molecule has 0 fully saturated rings. The van der Waals surface area contributed by atoms with Gasteiger partial charge in [-0.1, -0.05) is 19.1 Å². The fraction of sp³-hybridized carbons (Fsp3) is 0.273. The highest BCUT2D eigenvalue weighted by Crippen LogP contribution is 2.26. The predicted octanol–water partition coefficient (Wildman–Crippen LogP) is 2.21. The molecule has 0 aliphatic carbocycles. The number of carboxylic acids is 1. The van der Waals surface area contributed by atoms with Crippen molar-refractivity contribution in [3.05, 3.63) is 24.3 Å². The summed E-state index contributed by atoms with van der Waals surface area (Å²) in [5, 5.41) is 11.3. The maximum Gasteiger partial charge on any atom is 0.313 e. The first kappa shape index (κ1) is 12.6. The second kappa shape index (κ2) is 6.17. The molecule has 0 aliphatic heterocycles. The number of para-hydroxylation sites is 1. The molecule has 0 saturated heterocycles. The Balaban J connectivity index is 2.74. The van der Waals surface area contributed by atoms with Gasteiger partial charge >= 0.3 is 5.97 Å². The van der Waals surface area contributed by atoms with Crippen LogP contribution in [0.2, 0.25) is 0 Å². The number of hydrogen-bond acceptors (Lipinski definition) is 3. The lowest BCUT2D eigenvalue weighted by molar-refractivity contribution is -0.133. The molecule has 86 valence electrons. The van der Waals surface area contributed by atoms with Crippen LogP contribution >= 0.6 is 11.8 Å². The van der Waals surface area contributed by atoms with Crippen molar-refractivity contribution in [2.24, 2.45) is 0 Å². The Labute approximate surface area is 98.0 Å². The van der Waals surface area contributed by atoms with Crippen LogP contribution in [0, 0.1) is 0 Å². The molecule has 0 unspecified atom stereocenters. The molecule has 1 aromatic carbocycles. The van der Waals surface area contributed by atoms with Crippen LogP contribution < -0.4 is 5.32 Å². The summed E-state index contributed by atoms with van der Waals surface area (Å²) >= 11 is 1.19. The van der Waals surface area contributed by atoms with Crippen molar-refractivity contribution in [3.63, 3.8) is 0 Å². The maximum atomic E-state index is 11.2. The van der Waals surface area contributed by atoms with E-state index in [9.17, 15) is 9.59 Å². The number of carboxylic acid groups (broad SMARTS) is 1. The molecule has 1 rings (SSSR count). The average Bonchev–Trinajstić information content (AvgIpc) is 2.27. The molecule has 0 atom stereocenters. The summed E-state index contributed by atoms with van der Waals surface area (Å²) < 4.78 is 0. The fourth-order valence-electron chi connectivity index (χ4n) is 1.07. The number of nitrogens with one attached hydrogen (secondary N) is 1. The Morgan fingerprint density at radius 1 is 1.38 bits per heavy atom. The second-order valence-electron chi connectivity index (χ2n) is 3.08. The van der Waals surface area contributed by atoms with E-state index in [2.05, 4.69) is 5.32 Å². The van der Waals surface area contributed by atoms with Crippen molar-refractivity contribution in [2.75, 3.05) is 11.1 Å². The summed E-state index contributed by atoms with van der Waals surface area (Å²) in [6.45, 7) is 1.77. The van der Waals surface area contributed by atoms with E-state index < -0.39 is 5.97 Å². The largest absolute Gasteiger partial charge is 0.481 e. The third-order valence-corrected chi connectivity index (χ3v) is 2.89. The highest BCUT2D eigenvalue weighted by molar-refractivity contribution is 8.00. The minimum absolute atomic E-state index is 0.0149. The number of thioether (sulfide) groups is 1. The van der Waals surface area contributed by atoms with Crippen molar-refractivity contribution in [2.45, 2.75) is 18.2 Å². The van der Waals surface area contributed by atoms with Gasteiger partial charge in [-0.3, -0.25) is 9.59 Å². The summed E-state index contributed by atoms with van der Waals surface area (Å²) in [5.74, 6) is -0.969. The lowest BCUT2D eigenvalue weighted by atomic mass is 10.3. The van der Waals surface area contributed by atoms with Crippen molar-refractivity contribution < 1.29 is 14.7 Å². The van der Waals surface area contributed by atoms with E-state index in [4.69, 9.17) is 5.11 Å². The lowest BCUT2D eigenvalue weighted by Gasteiger charge is -2.08. The van der Waals surface area contributed by atoms with Gasteiger partial charge in [0.15, 0.2) is 0 Å². The van der Waals surface area contributed by atoms with Gasteiger partial charge in [-0.05, 0) is 12.1 Å². The van der Waals surface area contributed by atoms with E-state index in [1.165, 1.54) is 11.8 Å². The minimum atomic E-state index is -0.873. The zero-order chi connectivity index (χ0) is 12.0. The molecule has 1 amide bonds. The van der Waals surface area contributed by atoms with E-state index in [1.807, 2.05) is 6.07 Å². The third kappa shape index (κ3) is 3.94. The van der Waals surface area contributed by atoms with Crippen LogP contribution in [0.25, 0.3) is 0 Å². The summed E-state index contributed by atoms with van der Waals surface area (Å²) in [4.78, 5) is 22.5. The summed E-state index contributed by atoms with van der Waals surface area (Å²) in [7, 11) is 0. The summed E-state index contributed by atoms with van der Waals surface area (Å²) in [6.07, 6.45) is 0.401. The Morgan fingerprint density at radius 3 is 2.69 bits per heavy atom. The maximum absolute atomic E-state index is 11.2. The topological polar surface area (TPSA) is 66.4 Å². The lowest BCUT2D eigenvalue weighted by Crippen LogP contribution is -2.10. The SMILES string of the molecule is CCC(=O)Nc1ccccc1SCC(=O)O. The second-order valence-corrected chi connectivity index (χ2v) is 4.10. The van der Waals surface area contributed by atoms with Crippen LogP contribution in [-0.4, -0.2) is 22.7 Å². The van der Waals surface area contributed by atoms with Crippen LogP contribution in [0.4, 0.5) is 5.69 Å². The molecule has 1 aromatic rings. The molecule has 0 aliphatic rings. The molecular weight excluding hydrogens is 226 g/mol. The number of amides is 1. The van der Waals surface area contributed by atoms with Crippen molar-refractivity contribution in [1.29, 1.82) is 0 Å². The number of carbonyl (C=O) groups is 2. The standard InChI is InChI=1S/C11H13NO3S/c1-2-10(13)12-8-5-3-4-6-9(8)16-7-11(14)15/h3-6H,2,7H2,1H3,(H,12,13)(H,14,15). The predicted molar refractivity (Wildman–Crippen MR) is 63.7 cm³/mol. The van der Waals surface area contributed by atoms with Crippen LogP contribution in [0.5, 0.6) is 0 Å². The number of hydrogen-bond donors (Lipinski definition) is 2. The van der Waals surface area contributed by atoms with Gasteiger partial charge in [0.05, 0.1) is 11.4 Å². The average molecular weight is 239 g/mol. The highest BCUT2D eigenvalue weighted by atomic mass is 32.2. The van der Waals surface area contributed by atoms with E-state index in [-0.39, 0.29) is 11.7 Å². The van der Waals surface area contributed by atoms with Gasteiger partial charge in [0, 0.05) is 11.3 Å². The Morgan fingerprint density at radius 2 is 2.06 bits per heavy atom. The number of aliphatic carboxylic acids is 1. The Hall–Kier alpha value is -1.49. The molecule has 5 heteroatoms. The molecular formula is C11H13NO3S. The Kier molecular flexibility index (Phi) is 4.85. The number of carbonyl (C=O) groups excluding carboxylic acids is 1. The number of anilines is 1. The van der Waals surface area contributed by atoms with Gasteiger partial charge in [-0.25, -0.2) is 0 Å². The molecule has 0 aromatic heterocycles. The first-order chi connectivity index (χ1) is 7.63. The smallest absolute Gasteiger partial charge is 0.313 e. The first-order valence-corrected chi connectivity index (χ1v) is 5.85. The molecule has 16 heavy (non-hydrogen) atoms. The quantitative estimate of drug-likeness (QED) is 0.773. The highest BCUT2D eigenvalue weighted by Gasteiger charge is 2.06. The van der Waals surface area contributed by atoms with Crippen molar-refractivity contribution >= 4 is 29.3 Å². The number of rotatable bonds is 5. The summed E-state index contributed by atoms with van der Waals surface area (Å²) in [6, 6.07) is 7.17. The van der Waals surface area contributed by atoms with E-state index >= 15 is 0 Å². The third-order valence-electron chi connectivity index (χ3n) is 1.83. The molecule has 0 heterocycles. The van der Waals surface area contributed by atoms with Crippen molar-refractivity contribution in [3.8, 4) is 0 Å². The van der Waals surface area contributed by atoms with Crippen LogP contribution in [0.15, 0.2) is 29.2 Å². The van der Waals surface area contributed by atoms with Gasteiger partial charge in [-0.15, -0.1) is 11.8 Å². The zero-order valence-electron chi connectivity index (χ0n) is 8.90. The molecule has 0 spiro atoms. The van der Waals surface area contributed by atoms with E-state index in [1.54, 1.807) is 25.1 Å². The fourth-order valence-corrected chi connectivity index (χ4v) is 1.80. The van der Waals surface area contributed by atoms with Gasteiger partial charge < -0.3 is 10.4 Å². The van der Waals surface area contributed by atoms with Crippen molar-refractivity contribution in [1.82, 2.24) is 0 Å². The zero-order valence-corrected chi connectivity index (χ0v) is 9.71. The normalized spacial score (nSPS) is 9.81. The Bertz CT molecular complexity index is 393.